The molecule has 6 aromatic carbocycles. The van der Waals surface area contributed by atoms with E-state index >= 15 is 0 Å². The molecule has 4 heteroatoms. The molecule has 2 aliphatic carbocycles. The molecule has 0 N–H and O–H groups in total. The lowest BCUT2D eigenvalue weighted by atomic mass is 9.76. The SMILES string of the molecule is Cc1ccc2c3c(cccc13)-c1cc(Cc3ccc4c5c(cccc35)-c3ccccc3C43OCCCO3)ccc1C21OCC(C)(C)CO1. The molecule has 0 unspecified atom stereocenters. The number of ether oxygens (including phenoxy) is 4. The van der Waals surface area contributed by atoms with Crippen molar-refractivity contribution in [3.05, 3.63) is 142 Å². The van der Waals surface area contributed by atoms with Crippen molar-refractivity contribution in [2.24, 2.45) is 5.41 Å². The van der Waals surface area contributed by atoms with Crippen molar-refractivity contribution in [2.45, 2.75) is 45.2 Å². The average molecular weight is 631 g/mol. The van der Waals surface area contributed by atoms with Crippen molar-refractivity contribution in [3.63, 3.8) is 0 Å². The first-order valence-electron chi connectivity index (χ1n) is 17.3. The number of hydrogen-bond donors (Lipinski definition) is 0. The van der Waals surface area contributed by atoms with E-state index in [2.05, 4.69) is 124 Å². The van der Waals surface area contributed by atoms with E-state index in [0.29, 0.717) is 26.4 Å². The van der Waals surface area contributed by atoms with E-state index in [9.17, 15) is 0 Å². The van der Waals surface area contributed by atoms with E-state index in [-0.39, 0.29) is 5.41 Å². The normalized spacial score (nSPS) is 19.4. The maximum absolute atomic E-state index is 6.83. The van der Waals surface area contributed by atoms with Crippen LogP contribution in [0.3, 0.4) is 0 Å². The van der Waals surface area contributed by atoms with Crippen LogP contribution in [0.15, 0.2) is 103 Å². The fraction of sp³-hybridized carbons (Fsp3) is 0.273. The smallest absolute Gasteiger partial charge is 0.223 e. The Bertz CT molecular complexity index is 2300. The standard InChI is InChI=1S/C44H38O4/c1-27-15-18-38-40-30(27)10-6-13-34(40)35-24-28(16-19-37(35)44(38)47-25-42(2,3)26-48-44)23-29-17-20-39-41-31(29)11-7-12-33(41)32-9-4-5-14-36(32)43(39)45-21-8-22-46-43/h4-7,9-20,24H,8,21-23,25-26H2,1-3H3. The second-order valence-corrected chi connectivity index (χ2v) is 14.8. The zero-order chi connectivity index (χ0) is 32.3. The van der Waals surface area contributed by atoms with Crippen molar-refractivity contribution < 1.29 is 18.9 Å². The van der Waals surface area contributed by atoms with Crippen LogP contribution in [-0.2, 0) is 36.9 Å². The van der Waals surface area contributed by atoms with E-state index in [0.717, 1.165) is 35.1 Å². The Labute approximate surface area is 281 Å². The van der Waals surface area contributed by atoms with Gasteiger partial charge >= 0.3 is 0 Å². The summed E-state index contributed by atoms with van der Waals surface area (Å²) in [6.07, 6.45) is 1.69. The van der Waals surface area contributed by atoms with Crippen LogP contribution in [0.2, 0.25) is 0 Å². The molecule has 0 radical (unpaired) electrons. The van der Waals surface area contributed by atoms with Crippen LogP contribution < -0.4 is 0 Å². The summed E-state index contributed by atoms with van der Waals surface area (Å²) in [7, 11) is 0. The van der Waals surface area contributed by atoms with Gasteiger partial charge in [0.15, 0.2) is 0 Å². The lowest BCUT2D eigenvalue weighted by Crippen LogP contribution is -2.47. The van der Waals surface area contributed by atoms with Crippen molar-refractivity contribution in [1.82, 2.24) is 0 Å². The van der Waals surface area contributed by atoms with Crippen molar-refractivity contribution in [2.75, 3.05) is 26.4 Å². The van der Waals surface area contributed by atoms with Crippen LogP contribution in [0, 0.1) is 12.3 Å². The second-order valence-electron chi connectivity index (χ2n) is 14.8. The fourth-order valence-corrected chi connectivity index (χ4v) is 8.73. The van der Waals surface area contributed by atoms with Gasteiger partial charge in [0.1, 0.15) is 0 Å². The quantitative estimate of drug-likeness (QED) is 0.191. The zero-order valence-corrected chi connectivity index (χ0v) is 27.7. The number of aryl methyl sites for hydroxylation is 1. The molecule has 2 heterocycles. The van der Waals surface area contributed by atoms with Gasteiger partial charge < -0.3 is 18.9 Å². The van der Waals surface area contributed by atoms with Gasteiger partial charge in [0.2, 0.25) is 11.6 Å². The van der Waals surface area contributed by atoms with Gasteiger partial charge in [-0.1, -0.05) is 117 Å². The van der Waals surface area contributed by atoms with E-state index in [1.54, 1.807) is 0 Å². The molecule has 10 rings (SSSR count). The highest BCUT2D eigenvalue weighted by molar-refractivity contribution is 6.05. The first kappa shape index (κ1) is 28.7. The highest BCUT2D eigenvalue weighted by Crippen LogP contribution is 2.54. The molecule has 2 fully saturated rings. The van der Waals surface area contributed by atoms with Crippen LogP contribution in [0.25, 0.3) is 43.8 Å². The van der Waals surface area contributed by atoms with Gasteiger partial charge in [0.05, 0.1) is 26.4 Å². The minimum absolute atomic E-state index is 0.0480. The Hall–Kier alpha value is -4.32. The molecule has 4 aliphatic rings. The fourth-order valence-electron chi connectivity index (χ4n) is 8.73. The highest BCUT2D eigenvalue weighted by atomic mass is 16.7. The molecule has 0 bridgehead atoms. The highest BCUT2D eigenvalue weighted by Gasteiger charge is 2.49. The molecule has 4 nitrogen and oxygen atoms in total. The predicted octanol–water partition coefficient (Wildman–Crippen LogP) is 9.77. The second kappa shape index (κ2) is 10.1. The average Bonchev–Trinajstić information content (AvgIpc) is 3.12. The van der Waals surface area contributed by atoms with E-state index in [4.69, 9.17) is 18.9 Å². The van der Waals surface area contributed by atoms with Crippen molar-refractivity contribution in [1.29, 1.82) is 0 Å². The maximum Gasteiger partial charge on any atom is 0.223 e. The van der Waals surface area contributed by atoms with Crippen molar-refractivity contribution in [3.8, 4) is 22.3 Å². The lowest BCUT2D eigenvalue weighted by molar-refractivity contribution is -0.283. The maximum atomic E-state index is 6.83. The molecular formula is C44H38O4. The summed E-state index contributed by atoms with van der Waals surface area (Å²) in [5.41, 5.74) is 13.0. The van der Waals surface area contributed by atoms with Crippen LogP contribution in [0.5, 0.6) is 0 Å². The number of rotatable bonds is 2. The molecular weight excluding hydrogens is 592 g/mol. The van der Waals surface area contributed by atoms with Gasteiger partial charge in [-0.3, -0.25) is 0 Å². The first-order chi connectivity index (χ1) is 23.4. The summed E-state index contributed by atoms with van der Waals surface area (Å²) in [5, 5.41) is 4.96. The Kier molecular flexibility index (Phi) is 6.03. The van der Waals surface area contributed by atoms with Gasteiger partial charge in [-0.25, -0.2) is 0 Å². The Balaban J connectivity index is 1.14. The number of fused-ring (bicyclic) bond motifs is 8. The molecule has 2 spiro atoms. The Morgan fingerprint density at radius 2 is 1.15 bits per heavy atom. The molecule has 6 aromatic rings. The third-order valence-electron chi connectivity index (χ3n) is 11.0. The minimum atomic E-state index is -0.925. The minimum Gasteiger partial charge on any atom is -0.342 e. The molecule has 0 amide bonds. The summed E-state index contributed by atoms with van der Waals surface area (Å²) in [6.45, 7) is 9.22. The molecule has 238 valence electrons. The van der Waals surface area contributed by atoms with Crippen LogP contribution in [0.1, 0.15) is 59.2 Å². The van der Waals surface area contributed by atoms with E-state index < -0.39 is 11.6 Å². The van der Waals surface area contributed by atoms with E-state index in [1.807, 2.05) is 0 Å². The molecule has 0 atom stereocenters. The monoisotopic (exact) mass is 630 g/mol. The topological polar surface area (TPSA) is 36.9 Å². The predicted molar refractivity (Wildman–Crippen MR) is 190 cm³/mol. The van der Waals surface area contributed by atoms with Gasteiger partial charge in [-0.2, -0.15) is 0 Å². The summed E-state index contributed by atoms with van der Waals surface area (Å²) in [6, 6.07) is 37.8. The number of benzene rings is 6. The number of hydrogen-bond acceptors (Lipinski definition) is 4. The zero-order valence-electron chi connectivity index (χ0n) is 27.7. The van der Waals surface area contributed by atoms with Gasteiger partial charge in [0.25, 0.3) is 0 Å². The largest absolute Gasteiger partial charge is 0.342 e. The Morgan fingerprint density at radius 1 is 0.542 bits per heavy atom. The van der Waals surface area contributed by atoms with Crippen LogP contribution >= 0.6 is 0 Å². The van der Waals surface area contributed by atoms with Gasteiger partial charge in [-0.15, -0.1) is 0 Å². The third kappa shape index (κ3) is 3.86. The van der Waals surface area contributed by atoms with Gasteiger partial charge in [-0.05, 0) is 80.3 Å². The summed E-state index contributed by atoms with van der Waals surface area (Å²) in [4.78, 5) is 0. The molecule has 2 aliphatic heterocycles. The van der Waals surface area contributed by atoms with E-state index in [1.165, 1.54) is 60.5 Å². The summed E-state index contributed by atoms with van der Waals surface area (Å²) in [5.74, 6) is -1.80. The van der Waals surface area contributed by atoms with Gasteiger partial charge in [0, 0.05) is 27.7 Å². The third-order valence-corrected chi connectivity index (χ3v) is 11.0. The molecule has 48 heavy (non-hydrogen) atoms. The lowest BCUT2D eigenvalue weighted by Gasteiger charge is -2.47. The first-order valence-corrected chi connectivity index (χ1v) is 17.3. The molecule has 0 saturated carbocycles. The van der Waals surface area contributed by atoms with Crippen LogP contribution in [0.4, 0.5) is 0 Å². The summed E-state index contributed by atoms with van der Waals surface area (Å²) < 4.78 is 26.8. The Morgan fingerprint density at radius 3 is 1.94 bits per heavy atom. The van der Waals surface area contributed by atoms with Crippen molar-refractivity contribution >= 4 is 21.5 Å². The molecule has 0 aromatic heterocycles. The molecule has 2 saturated heterocycles. The summed E-state index contributed by atoms with van der Waals surface area (Å²) >= 11 is 0. The van der Waals surface area contributed by atoms with Crippen LogP contribution in [-0.4, -0.2) is 26.4 Å².